The molecule has 0 aliphatic heterocycles. The monoisotopic (exact) mass is 236 g/mol. The second-order valence-corrected chi connectivity index (χ2v) is 5.18. The largest absolute Gasteiger partial charge is 0.147 e. The van der Waals surface area contributed by atoms with Crippen molar-refractivity contribution in [3.63, 3.8) is 0 Å². The molecule has 0 radical (unpaired) electrons. The first-order chi connectivity index (χ1) is 7.25. The van der Waals surface area contributed by atoms with Gasteiger partial charge in [0.15, 0.2) is 0 Å². The van der Waals surface area contributed by atoms with Gasteiger partial charge < -0.3 is 0 Å². The summed E-state index contributed by atoms with van der Waals surface area (Å²) in [5.74, 6) is 0. The number of halogens is 1. The molecule has 2 heteroatoms. The second kappa shape index (κ2) is 4.82. The summed E-state index contributed by atoms with van der Waals surface area (Å²) >= 11 is 8.07. The molecule has 78 valence electrons. The molecule has 1 aromatic carbocycles. The van der Waals surface area contributed by atoms with Gasteiger partial charge in [-0.1, -0.05) is 35.9 Å². The predicted octanol–water partition coefficient (Wildman–Crippen LogP) is 4.58. The lowest BCUT2D eigenvalue weighted by molar-refractivity contribution is 0.938. The number of thiophene rings is 1. The van der Waals surface area contributed by atoms with E-state index in [0.29, 0.717) is 0 Å². The van der Waals surface area contributed by atoms with Crippen LogP contribution in [0.15, 0.2) is 41.8 Å². The molecule has 0 nitrogen and oxygen atoms in total. The molecule has 1 heterocycles. The molecule has 0 fully saturated rings. The Balaban J connectivity index is 2.09. The van der Waals surface area contributed by atoms with E-state index in [1.807, 2.05) is 6.07 Å². The third kappa shape index (κ3) is 2.83. The molecule has 0 aliphatic carbocycles. The number of benzene rings is 1. The average molecular weight is 237 g/mol. The molecule has 2 rings (SSSR count). The fourth-order valence-electron chi connectivity index (χ4n) is 1.62. The fourth-order valence-corrected chi connectivity index (χ4v) is 2.72. The molecule has 1 aromatic heterocycles. The minimum absolute atomic E-state index is 0.104. The Morgan fingerprint density at radius 2 is 2.13 bits per heavy atom. The summed E-state index contributed by atoms with van der Waals surface area (Å²) < 4.78 is 0. The van der Waals surface area contributed by atoms with Crippen LogP contribution in [0.3, 0.4) is 0 Å². The van der Waals surface area contributed by atoms with E-state index in [2.05, 4.69) is 42.6 Å². The number of rotatable bonds is 3. The van der Waals surface area contributed by atoms with Crippen LogP contribution < -0.4 is 0 Å². The van der Waals surface area contributed by atoms with Crippen molar-refractivity contribution in [1.82, 2.24) is 0 Å². The SMILES string of the molecule is Cc1cccc(CC(Cl)c2cccs2)c1. The van der Waals surface area contributed by atoms with Crippen molar-refractivity contribution in [3.05, 3.63) is 57.8 Å². The summed E-state index contributed by atoms with van der Waals surface area (Å²) in [6.07, 6.45) is 0.906. The van der Waals surface area contributed by atoms with Crippen molar-refractivity contribution in [2.75, 3.05) is 0 Å². The summed E-state index contributed by atoms with van der Waals surface area (Å²) in [5.41, 5.74) is 2.60. The third-order valence-corrected chi connectivity index (χ3v) is 3.85. The van der Waals surface area contributed by atoms with Crippen LogP contribution >= 0.6 is 22.9 Å². The van der Waals surface area contributed by atoms with E-state index in [0.717, 1.165) is 6.42 Å². The van der Waals surface area contributed by atoms with Gasteiger partial charge in [0, 0.05) is 4.88 Å². The standard InChI is InChI=1S/C13H13ClS/c1-10-4-2-5-11(8-10)9-12(14)13-6-3-7-15-13/h2-8,12H,9H2,1H3. The molecule has 15 heavy (non-hydrogen) atoms. The van der Waals surface area contributed by atoms with Gasteiger partial charge in [-0.15, -0.1) is 22.9 Å². The van der Waals surface area contributed by atoms with E-state index in [1.54, 1.807) is 11.3 Å². The zero-order chi connectivity index (χ0) is 10.7. The highest BCUT2D eigenvalue weighted by molar-refractivity contribution is 7.10. The number of aryl methyl sites for hydroxylation is 1. The molecule has 0 spiro atoms. The van der Waals surface area contributed by atoms with Gasteiger partial charge in [0.2, 0.25) is 0 Å². The molecule has 0 aliphatic rings. The third-order valence-electron chi connectivity index (χ3n) is 2.35. The van der Waals surface area contributed by atoms with E-state index in [9.17, 15) is 0 Å². The van der Waals surface area contributed by atoms with Gasteiger partial charge in [0.25, 0.3) is 0 Å². The lowest BCUT2D eigenvalue weighted by Gasteiger charge is -2.07. The molecule has 1 atom stereocenters. The molecule has 0 N–H and O–H groups in total. The highest BCUT2D eigenvalue weighted by atomic mass is 35.5. The van der Waals surface area contributed by atoms with Crippen molar-refractivity contribution in [2.24, 2.45) is 0 Å². The smallest absolute Gasteiger partial charge is 0.0718 e. The summed E-state index contributed by atoms with van der Waals surface area (Å²) in [6.45, 7) is 2.11. The Bertz CT molecular complexity index is 420. The Labute approximate surface area is 99.5 Å². The maximum Gasteiger partial charge on any atom is 0.0718 e. The minimum Gasteiger partial charge on any atom is -0.147 e. The van der Waals surface area contributed by atoms with Gasteiger partial charge in [-0.25, -0.2) is 0 Å². The first-order valence-electron chi connectivity index (χ1n) is 4.99. The summed E-state index contributed by atoms with van der Waals surface area (Å²) in [5, 5.41) is 2.17. The predicted molar refractivity (Wildman–Crippen MR) is 67.8 cm³/mol. The van der Waals surface area contributed by atoms with Gasteiger partial charge >= 0.3 is 0 Å². The van der Waals surface area contributed by atoms with Gasteiger partial charge in [-0.05, 0) is 30.4 Å². The molecular weight excluding hydrogens is 224 g/mol. The number of hydrogen-bond donors (Lipinski definition) is 0. The topological polar surface area (TPSA) is 0 Å². The molecule has 0 bridgehead atoms. The van der Waals surface area contributed by atoms with Crippen LogP contribution in [0.2, 0.25) is 0 Å². The van der Waals surface area contributed by atoms with E-state index >= 15 is 0 Å². The van der Waals surface area contributed by atoms with E-state index in [1.165, 1.54) is 16.0 Å². The van der Waals surface area contributed by atoms with E-state index in [-0.39, 0.29) is 5.38 Å². The quantitative estimate of drug-likeness (QED) is 0.685. The summed E-state index contributed by atoms with van der Waals surface area (Å²) in [6, 6.07) is 12.7. The summed E-state index contributed by atoms with van der Waals surface area (Å²) in [7, 11) is 0. The van der Waals surface area contributed by atoms with Crippen molar-refractivity contribution < 1.29 is 0 Å². The van der Waals surface area contributed by atoms with Gasteiger partial charge in [0.05, 0.1) is 5.38 Å². The Morgan fingerprint density at radius 3 is 2.80 bits per heavy atom. The molecule has 0 saturated carbocycles. The van der Waals surface area contributed by atoms with Crippen molar-refractivity contribution >= 4 is 22.9 Å². The highest BCUT2D eigenvalue weighted by Gasteiger charge is 2.09. The second-order valence-electron chi connectivity index (χ2n) is 3.68. The number of hydrogen-bond acceptors (Lipinski definition) is 1. The van der Waals surface area contributed by atoms with Crippen molar-refractivity contribution in [1.29, 1.82) is 0 Å². The van der Waals surface area contributed by atoms with Gasteiger partial charge in [0.1, 0.15) is 0 Å². The Hall–Kier alpha value is -0.790. The van der Waals surface area contributed by atoms with Crippen LogP contribution in [0, 0.1) is 6.92 Å². The molecular formula is C13H13ClS. The maximum atomic E-state index is 6.34. The number of alkyl halides is 1. The fraction of sp³-hybridized carbons (Fsp3) is 0.231. The zero-order valence-corrected chi connectivity index (χ0v) is 10.2. The lowest BCUT2D eigenvalue weighted by atomic mass is 10.1. The van der Waals surface area contributed by atoms with Crippen LogP contribution in [0.25, 0.3) is 0 Å². The summed E-state index contributed by atoms with van der Waals surface area (Å²) in [4.78, 5) is 1.25. The molecule has 0 saturated heterocycles. The highest BCUT2D eigenvalue weighted by Crippen LogP contribution is 2.28. The maximum absolute atomic E-state index is 6.34. The van der Waals surface area contributed by atoms with Gasteiger partial charge in [-0.2, -0.15) is 0 Å². The van der Waals surface area contributed by atoms with Crippen molar-refractivity contribution in [2.45, 2.75) is 18.7 Å². The first-order valence-corrected chi connectivity index (χ1v) is 6.30. The van der Waals surface area contributed by atoms with Crippen molar-refractivity contribution in [3.8, 4) is 0 Å². The Morgan fingerprint density at radius 1 is 1.27 bits per heavy atom. The van der Waals surface area contributed by atoms with E-state index in [4.69, 9.17) is 11.6 Å². The molecule has 1 unspecified atom stereocenters. The normalized spacial score (nSPS) is 12.7. The van der Waals surface area contributed by atoms with Crippen LogP contribution in [0.4, 0.5) is 0 Å². The molecule has 2 aromatic rings. The van der Waals surface area contributed by atoms with Gasteiger partial charge in [-0.3, -0.25) is 0 Å². The van der Waals surface area contributed by atoms with Crippen LogP contribution in [-0.4, -0.2) is 0 Å². The minimum atomic E-state index is 0.104. The lowest BCUT2D eigenvalue weighted by Crippen LogP contribution is -1.93. The average Bonchev–Trinajstić information content (AvgIpc) is 2.70. The van der Waals surface area contributed by atoms with E-state index < -0.39 is 0 Å². The van der Waals surface area contributed by atoms with Crippen LogP contribution in [-0.2, 0) is 6.42 Å². The molecule has 0 amide bonds. The Kier molecular flexibility index (Phi) is 3.45. The van der Waals surface area contributed by atoms with Crippen LogP contribution in [0.5, 0.6) is 0 Å². The van der Waals surface area contributed by atoms with Crippen LogP contribution in [0.1, 0.15) is 21.4 Å². The first kappa shape index (κ1) is 10.7. The zero-order valence-electron chi connectivity index (χ0n) is 8.61.